The smallest absolute Gasteiger partial charge is 0.335 e. The molecule has 1 aromatic heterocycles. The fourth-order valence-corrected chi connectivity index (χ4v) is 7.16. The van der Waals surface area contributed by atoms with Gasteiger partial charge in [0.15, 0.2) is 5.17 Å². The van der Waals surface area contributed by atoms with E-state index in [9.17, 15) is 24.6 Å². The predicted octanol–water partition coefficient (Wildman–Crippen LogP) is 6.43. The van der Waals surface area contributed by atoms with Crippen LogP contribution in [0.25, 0.3) is 11.8 Å². The fraction of sp³-hybridized carbons (Fsp3) is 0.467. The molecule has 2 aliphatic carbocycles. The van der Waals surface area contributed by atoms with Gasteiger partial charge in [0.05, 0.1) is 22.1 Å². The van der Waals surface area contributed by atoms with Gasteiger partial charge in [-0.15, -0.1) is 0 Å². The summed E-state index contributed by atoms with van der Waals surface area (Å²) < 4.78 is 1.84. The van der Waals surface area contributed by atoms with Crippen molar-refractivity contribution in [1.82, 2.24) is 9.47 Å². The number of rotatable bonds is 6. The molecule has 5 rings (SSSR count). The summed E-state index contributed by atoms with van der Waals surface area (Å²) in [5.74, 6) is -2.37. The predicted molar refractivity (Wildman–Crippen MR) is 153 cm³/mol. The molecule has 0 spiro atoms. The number of carboxylic acids is 2. The van der Waals surface area contributed by atoms with Crippen LogP contribution in [0.1, 0.15) is 102 Å². The Balaban J connectivity index is 1.52. The van der Waals surface area contributed by atoms with E-state index in [-0.39, 0.29) is 29.1 Å². The number of carbonyl (C=O) groups is 3. The second kappa shape index (κ2) is 11.4. The van der Waals surface area contributed by atoms with Gasteiger partial charge in [0.2, 0.25) is 0 Å². The SMILES string of the molecule is Cc1cc(/C=C2\SC(=NC3CCCCC3)N(C3CCCCC3)C2=O)c(C)n1-c1cc(C(=O)O)cc(C(=O)O)c1. The lowest BCUT2D eigenvalue weighted by Gasteiger charge is -2.31. The van der Waals surface area contributed by atoms with Crippen molar-refractivity contribution >= 4 is 40.9 Å². The first-order valence-electron chi connectivity index (χ1n) is 13.8. The average Bonchev–Trinajstić information content (AvgIpc) is 3.38. The van der Waals surface area contributed by atoms with E-state index < -0.39 is 11.9 Å². The van der Waals surface area contributed by atoms with Gasteiger partial charge in [-0.25, -0.2) is 9.59 Å². The van der Waals surface area contributed by atoms with Crippen molar-refractivity contribution in [2.24, 2.45) is 4.99 Å². The van der Waals surface area contributed by atoms with Gasteiger partial charge < -0.3 is 14.8 Å². The molecule has 2 N–H and O–H groups in total. The van der Waals surface area contributed by atoms with Crippen LogP contribution >= 0.6 is 11.8 Å². The molecule has 0 radical (unpaired) electrons. The minimum Gasteiger partial charge on any atom is -0.478 e. The molecule has 0 atom stereocenters. The Morgan fingerprint density at radius 3 is 2.08 bits per heavy atom. The second-order valence-corrected chi connectivity index (χ2v) is 11.8. The highest BCUT2D eigenvalue weighted by Crippen LogP contribution is 2.39. The molecule has 1 aromatic carbocycles. The van der Waals surface area contributed by atoms with Crippen molar-refractivity contribution in [3.8, 4) is 5.69 Å². The summed E-state index contributed by atoms with van der Waals surface area (Å²) in [5, 5.41) is 19.9. The van der Waals surface area contributed by atoms with E-state index in [1.807, 2.05) is 35.5 Å². The first-order chi connectivity index (χ1) is 18.7. The number of carbonyl (C=O) groups excluding carboxylic acids is 1. The molecule has 2 heterocycles. The molecule has 1 aliphatic heterocycles. The highest BCUT2D eigenvalue weighted by Gasteiger charge is 2.39. The normalized spacial score (nSPS) is 21.3. The summed E-state index contributed by atoms with van der Waals surface area (Å²) in [7, 11) is 0. The quantitative estimate of drug-likeness (QED) is 0.402. The summed E-state index contributed by atoms with van der Waals surface area (Å²) >= 11 is 1.46. The number of amides is 1. The number of aromatic carboxylic acids is 2. The average molecular weight is 550 g/mol. The highest BCUT2D eigenvalue weighted by molar-refractivity contribution is 8.18. The lowest BCUT2D eigenvalue weighted by Crippen LogP contribution is -2.41. The Morgan fingerprint density at radius 1 is 0.897 bits per heavy atom. The van der Waals surface area contributed by atoms with E-state index in [0.717, 1.165) is 66.7 Å². The van der Waals surface area contributed by atoms with Crippen LogP contribution in [0.2, 0.25) is 0 Å². The number of aryl methyl sites for hydroxylation is 1. The van der Waals surface area contributed by atoms with Crippen LogP contribution in [0, 0.1) is 13.8 Å². The summed E-state index contributed by atoms with van der Waals surface area (Å²) in [6.07, 6.45) is 13.2. The summed E-state index contributed by atoms with van der Waals surface area (Å²) in [6, 6.07) is 6.52. The van der Waals surface area contributed by atoms with E-state index in [2.05, 4.69) is 0 Å². The molecule has 2 saturated carbocycles. The Morgan fingerprint density at radius 2 is 1.49 bits per heavy atom. The number of hydrogen-bond acceptors (Lipinski definition) is 5. The molecule has 0 bridgehead atoms. The number of benzene rings is 1. The molecule has 9 heteroatoms. The maximum Gasteiger partial charge on any atom is 0.335 e. The molecule has 3 aliphatic rings. The van der Waals surface area contributed by atoms with Crippen LogP contribution in [0.5, 0.6) is 0 Å². The monoisotopic (exact) mass is 549 g/mol. The van der Waals surface area contributed by atoms with Crippen LogP contribution in [0.4, 0.5) is 0 Å². The molecule has 8 nitrogen and oxygen atoms in total. The van der Waals surface area contributed by atoms with Crippen molar-refractivity contribution in [3.05, 3.63) is 57.2 Å². The van der Waals surface area contributed by atoms with Crippen molar-refractivity contribution in [2.45, 2.75) is 90.1 Å². The molecule has 39 heavy (non-hydrogen) atoms. The number of aliphatic imine (C=N–C) groups is 1. The zero-order valence-electron chi connectivity index (χ0n) is 22.5. The number of nitrogens with zero attached hydrogens (tertiary/aromatic N) is 3. The van der Waals surface area contributed by atoms with Crippen molar-refractivity contribution in [3.63, 3.8) is 0 Å². The molecule has 1 amide bonds. The van der Waals surface area contributed by atoms with E-state index in [0.29, 0.717) is 10.6 Å². The van der Waals surface area contributed by atoms with Gasteiger partial charge >= 0.3 is 11.9 Å². The summed E-state index contributed by atoms with van der Waals surface area (Å²) in [5.41, 5.74) is 2.73. The summed E-state index contributed by atoms with van der Waals surface area (Å²) in [4.78, 5) is 44.8. The highest BCUT2D eigenvalue weighted by atomic mass is 32.2. The molecule has 0 unspecified atom stereocenters. The van der Waals surface area contributed by atoms with E-state index in [1.165, 1.54) is 49.6 Å². The molecule has 206 valence electrons. The van der Waals surface area contributed by atoms with Crippen molar-refractivity contribution in [2.75, 3.05) is 0 Å². The molecular weight excluding hydrogens is 514 g/mol. The first kappa shape index (κ1) is 27.2. The maximum absolute atomic E-state index is 13.8. The number of hydrogen-bond donors (Lipinski definition) is 2. The van der Waals surface area contributed by atoms with Gasteiger partial charge in [0.1, 0.15) is 0 Å². The van der Waals surface area contributed by atoms with Crippen LogP contribution in [0.15, 0.2) is 34.2 Å². The second-order valence-electron chi connectivity index (χ2n) is 10.8. The van der Waals surface area contributed by atoms with Gasteiger partial charge in [-0.1, -0.05) is 38.5 Å². The number of carboxylic acid groups (broad SMARTS) is 2. The minimum absolute atomic E-state index is 0.00676. The third kappa shape index (κ3) is 5.69. The van der Waals surface area contributed by atoms with Gasteiger partial charge in [-0.2, -0.15) is 0 Å². The zero-order chi connectivity index (χ0) is 27.7. The van der Waals surface area contributed by atoms with Crippen LogP contribution in [-0.2, 0) is 4.79 Å². The van der Waals surface area contributed by atoms with Crippen molar-refractivity contribution < 1.29 is 24.6 Å². The van der Waals surface area contributed by atoms with E-state index in [4.69, 9.17) is 4.99 Å². The molecule has 1 saturated heterocycles. The lowest BCUT2D eigenvalue weighted by molar-refractivity contribution is -0.124. The zero-order valence-corrected chi connectivity index (χ0v) is 23.3. The fourth-order valence-electron chi connectivity index (χ4n) is 6.06. The van der Waals surface area contributed by atoms with Crippen LogP contribution in [-0.4, -0.2) is 54.8 Å². The maximum atomic E-state index is 13.8. The Hall–Kier alpha value is -3.33. The topological polar surface area (TPSA) is 112 Å². The Labute approximate surface area is 232 Å². The largest absolute Gasteiger partial charge is 0.478 e. The van der Waals surface area contributed by atoms with E-state index >= 15 is 0 Å². The van der Waals surface area contributed by atoms with Gasteiger partial charge in [0.25, 0.3) is 5.91 Å². The third-order valence-electron chi connectivity index (χ3n) is 8.07. The standard InChI is InChI=1S/C30H35N3O5S/c1-18-13-20(19(2)32(18)25-15-21(28(35)36)14-22(16-25)29(37)38)17-26-27(34)33(24-11-7-4-8-12-24)30(39-26)31-23-9-5-3-6-10-23/h13-17,23-24H,3-12H2,1-2H3,(H,35,36)(H,37,38)/b26-17-,31-30?. The molecule has 3 fully saturated rings. The number of amidine groups is 1. The Kier molecular flexibility index (Phi) is 7.98. The number of thioether (sulfide) groups is 1. The van der Waals surface area contributed by atoms with Gasteiger partial charge in [-0.05, 0) is 87.2 Å². The van der Waals surface area contributed by atoms with E-state index in [1.54, 1.807) is 0 Å². The lowest BCUT2D eigenvalue weighted by atomic mass is 9.94. The molecule has 2 aromatic rings. The number of aromatic nitrogens is 1. The van der Waals surface area contributed by atoms with Crippen LogP contribution < -0.4 is 0 Å². The minimum atomic E-state index is -1.19. The van der Waals surface area contributed by atoms with Gasteiger partial charge in [0, 0.05) is 23.1 Å². The van der Waals surface area contributed by atoms with Crippen molar-refractivity contribution in [1.29, 1.82) is 0 Å². The van der Waals surface area contributed by atoms with Crippen LogP contribution in [0.3, 0.4) is 0 Å². The summed E-state index contributed by atoms with van der Waals surface area (Å²) in [6.45, 7) is 3.78. The third-order valence-corrected chi connectivity index (χ3v) is 9.07. The molecular formula is C30H35N3O5S. The first-order valence-corrected chi connectivity index (χ1v) is 14.7. The van der Waals surface area contributed by atoms with Gasteiger partial charge in [-0.3, -0.25) is 14.7 Å². The Bertz CT molecular complexity index is 1330.